The van der Waals surface area contributed by atoms with Crippen LogP contribution in [0, 0.1) is 5.92 Å². The zero-order valence-corrected chi connectivity index (χ0v) is 15.6. The van der Waals surface area contributed by atoms with Gasteiger partial charge in [0.05, 0.1) is 20.2 Å². The molecule has 0 unspecified atom stereocenters. The summed E-state index contributed by atoms with van der Waals surface area (Å²) in [5.41, 5.74) is 0.331. The Balaban J connectivity index is 2.40. The first kappa shape index (κ1) is 21.9. The van der Waals surface area contributed by atoms with Crippen LogP contribution in [0.5, 0.6) is 5.75 Å². The number of methoxy groups -OCH3 is 1. The maximum atomic E-state index is 12.0. The van der Waals surface area contributed by atoms with Gasteiger partial charge in [-0.2, -0.15) is 0 Å². The van der Waals surface area contributed by atoms with Crippen molar-refractivity contribution < 1.29 is 29.0 Å². The van der Waals surface area contributed by atoms with Gasteiger partial charge in [0, 0.05) is 5.56 Å². The van der Waals surface area contributed by atoms with Crippen LogP contribution in [0.25, 0.3) is 0 Å². The van der Waals surface area contributed by atoms with Crippen molar-refractivity contribution in [3.05, 3.63) is 29.8 Å². The highest BCUT2D eigenvalue weighted by molar-refractivity contribution is 5.97. The Morgan fingerprint density at radius 3 is 2.33 bits per heavy atom. The average Bonchev–Trinajstić information content (AvgIpc) is 2.63. The molecule has 27 heavy (non-hydrogen) atoms. The van der Waals surface area contributed by atoms with E-state index >= 15 is 0 Å². The second-order valence-electron chi connectivity index (χ2n) is 6.28. The predicted octanol–water partition coefficient (Wildman–Crippen LogP) is 0.157. The smallest absolute Gasteiger partial charge is 0.326 e. The standard InChI is InChI=1S/C18H25N3O6/c1-11(2)7-14(18(25)26)21-16(23)10-19-15(22)9-20-17(24)12-5-4-6-13(8-12)27-3/h4-6,8,11,14H,7,9-10H2,1-3H3,(H,19,22)(H,20,24)(H,21,23)(H,25,26)/t14-/m0/s1. The minimum Gasteiger partial charge on any atom is -0.497 e. The molecule has 0 spiro atoms. The number of ether oxygens (including phenoxy) is 1. The summed E-state index contributed by atoms with van der Waals surface area (Å²) in [7, 11) is 1.48. The summed E-state index contributed by atoms with van der Waals surface area (Å²) < 4.78 is 5.02. The zero-order chi connectivity index (χ0) is 20.4. The molecule has 9 nitrogen and oxygen atoms in total. The summed E-state index contributed by atoms with van der Waals surface area (Å²) in [5.74, 6) is -2.18. The van der Waals surface area contributed by atoms with Crippen molar-refractivity contribution in [3.8, 4) is 5.75 Å². The van der Waals surface area contributed by atoms with E-state index in [-0.39, 0.29) is 25.4 Å². The second kappa shape index (κ2) is 10.8. The number of rotatable bonds is 10. The predicted molar refractivity (Wildman–Crippen MR) is 97.4 cm³/mol. The molecule has 1 aromatic rings. The second-order valence-corrected chi connectivity index (χ2v) is 6.28. The van der Waals surface area contributed by atoms with Gasteiger partial charge in [-0.1, -0.05) is 19.9 Å². The highest BCUT2D eigenvalue weighted by Crippen LogP contribution is 2.12. The van der Waals surface area contributed by atoms with Gasteiger partial charge < -0.3 is 25.8 Å². The van der Waals surface area contributed by atoms with E-state index in [0.717, 1.165) is 0 Å². The first-order valence-electron chi connectivity index (χ1n) is 8.44. The zero-order valence-electron chi connectivity index (χ0n) is 15.6. The van der Waals surface area contributed by atoms with Gasteiger partial charge >= 0.3 is 5.97 Å². The lowest BCUT2D eigenvalue weighted by Crippen LogP contribution is -2.47. The molecule has 1 atom stereocenters. The molecule has 0 saturated heterocycles. The Kier molecular flexibility index (Phi) is 8.77. The lowest BCUT2D eigenvalue weighted by atomic mass is 10.0. The molecule has 3 amide bonds. The number of carboxylic acids is 1. The van der Waals surface area contributed by atoms with E-state index in [4.69, 9.17) is 9.84 Å². The number of hydrogen-bond acceptors (Lipinski definition) is 5. The molecule has 0 radical (unpaired) electrons. The minimum atomic E-state index is -1.13. The monoisotopic (exact) mass is 379 g/mol. The normalized spacial score (nSPS) is 11.4. The number of hydrogen-bond donors (Lipinski definition) is 4. The van der Waals surface area contributed by atoms with Gasteiger partial charge in [0.1, 0.15) is 11.8 Å². The van der Waals surface area contributed by atoms with Crippen LogP contribution in [-0.2, 0) is 14.4 Å². The van der Waals surface area contributed by atoms with Gasteiger partial charge in [-0.15, -0.1) is 0 Å². The van der Waals surface area contributed by atoms with Gasteiger partial charge in [0.25, 0.3) is 5.91 Å². The third-order valence-corrected chi connectivity index (χ3v) is 3.53. The maximum Gasteiger partial charge on any atom is 0.326 e. The molecular weight excluding hydrogens is 354 g/mol. The van der Waals surface area contributed by atoms with Crippen molar-refractivity contribution in [1.29, 1.82) is 0 Å². The topological polar surface area (TPSA) is 134 Å². The first-order chi connectivity index (χ1) is 12.7. The van der Waals surface area contributed by atoms with E-state index in [1.807, 2.05) is 13.8 Å². The molecule has 148 valence electrons. The molecular formula is C18H25N3O6. The highest BCUT2D eigenvalue weighted by Gasteiger charge is 2.21. The van der Waals surface area contributed by atoms with Crippen LogP contribution in [0.1, 0.15) is 30.6 Å². The van der Waals surface area contributed by atoms with Crippen molar-refractivity contribution in [2.45, 2.75) is 26.3 Å². The molecule has 0 aromatic heterocycles. The van der Waals surface area contributed by atoms with Crippen LogP contribution in [-0.4, -0.2) is 55.0 Å². The molecule has 0 heterocycles. The van der Waals surface area contributed by atoms with E-state index in [2.05, 4.69) is 16.0 Å². The fraction of sp³-hybridized carbons (Fsp3) is 0.444. The molecule has 0 aliphatic heterocycles. The summed E-state index contributed by atoms with van der Waals surface area (Å²) in [6.45, 7) is 2.98. The summed E-state index contributed by atoms with van der Waals surface area (Å²) in [4.78, 5) is 46.6. The lowest BCUT2D eigenvalue weighted by Gasteiger charge is -2.16. The Hall–Kier alpha value is -3.10. The number of aliphatic carboxylic acids is 1. The SMILES string of the molecule is COc1cccc(C(=O)NCC(=O)NCC(=O)N[C@@H](CC(C)C)C(=O)O)c1. The van der Waals surface area contributed by atoms with E-state index in [1.165, 1.54) is 13.2 Å². The van der Waals surface area contributed by atoms with Gasteiger partial charge in [-0.3, -0.25) is 14.4 Å². The highest BCUT2D eigenvalue weighted by atomic mass is 16.5. The van der Waals surface area contributed by atoms with Crippen LogP contribution < -0.4 is 20.7 Å². The Morgan fingerprint density at radius 1 is 1.07 bits per heavy atom. The number of benzene rings is 1. The van der Waals surface area contributed by atoms with E-state index in [0.29, 0.717) is 11.3 Å². The number of carbonyl (C=O) groups excluding carboxylic acids is 3. The Morgan fingerprint density at radius 2 is 1.74 bits per heavy atom. The first-order valence-corrected chi connectivity index (χ1v) is 8.44. The Bertz CT molecular complexity index is 689. The summed E-state index contributed by atoms with van der Waals surface area (Å²) in [6.07, 6.45) is 0.283. The third kappa shape index (κ3) is 8.21. The van der Waals surface area contributed by atoms with Crippen molar-refractivity contribution in [1.82, 2.24) is 16.0 Å². The van der Waals surface area contributed by atoms with Gasteiger partial charge in [0.15, 0.2) is 0 Å². The van der Waals surface area contributed by atoms with Crippen LogP contribution >= 0.6 is 0 Å². The summed E-state index contributed by atoms with van der Waals surface area (Å²) in [6, 6.07) is 5.42. The van der Waals surface area contributed by atoms with E-state index in [9.17, 15) is 19.2 Å². The number of nitrogens with one attached hydrogen (secondary N) is 3. The van der Waals surface area contributed by atoms with E-state index in [1.54, 1.807) is 18.2 Å². The van der Waals surface area contributed by atoms with Crippen molar-refractivity contribution in [2.24, 2.45) is 5.92 Å². The Labute approximate surface area is 157 Å². The summed E-state index contributed by atoms with van der Waals surface area (Å²) in [5, 5.41) is 16.2. The van der Waals surface area contributed by atoms with E-state index < -0.39 is 29.7 Å². The molecule has 0 aliphatic rings. The van der Waals surface area contributed by atoms with Crippen LogP contribution in [0.3, 0.4) is 0 Å². The summed E-state index contributed by atoms with van der Waals surface area (Å²) >= 11 is 0. The lowest BCUT2D eigenvalue weighted by molar-refractivity contribution is -0.142. The maximum absolute atomic E-state index is 12.0. The van der Waals surface area contributed by atoms with Gasteiger partial charge in [-0.25, -0.2) is 4.79 Å². The average molecular weight is 379 g/mol. The van der Waals surface area contributed by atoms with Gasteiger partial charge in [-0.05, 0) is 30.5 Å². The van der Waals surface area contributed by atoms with Crippen LogP contribution in [0.15, 0.2) is 24.3 Å². The number of carboxylic acid groups (broad SMARTS) is 1. The largest absolute Gasteiger partial charge is 0.497 e. The van der Waals surface area contributed by atoms with Crippen molar-refractivity contribution in [2.75, 3.05) is 20.2 Å². The number of carbonyl (C=O) groups is 4. The van der Waals surface area contributed by atoms with Crippen LogP contribution in [0.4, 0.5) is 0 Å². The molecule has 0 aliphatic carbocycles. The molecule has 9 heteroatoms. The minimum absolute atomic E-state index is 0.0906. The van der Waals surface area contributed by atoms with Crippen molar-refractivity contribution >= 4 is 23.7 Å². The molecule has 4 N–H and O–H groups in total. The van der Waals surface area contributed by atoms with Crippen LogP contribution in [0.2, 0.25) is 0 Å². The van der Waals surface area contributed by atoms with Crippen molar-refractivity contribution in [3.63, 3.8) is 0 Å². The fourth-order valence-corrected chi connectivity index (χ4v) is 2.21. The molecule has 1 rings (SSSR count). The third-order valence-electron chi connectivity index (χ3n) is 3.53. The molecule has 0 fully saturated rings. The number of amides is 3. The molecule has 0 saturated carbocycles. The van der Waals surface area contributed by atoms with Gasteiger partial charge in [0.2, 0.25) is 11.8 Å². The molecule has 1 aromatic carbocycles. The fourth-order valence-electron chi connectivity index (χ4n) is 2.21. The molecule has 0 bridgehead atoms. The quantitative estimate of drug-likeness (QED) is 0.457.